The van der Waals surface area contributed by atoms with Gasteiger partial charge in [-0.15, -0.1) is 0 Å². The molecular formula is C14H21NO3. The van der Waals surface area contributed by atoms with E-state index in [0.29, 0.717) is 5.75 Å². The second-order valence-corrected chi connectivity index (χ2v) is 4.61. The van der Waals surface area contributed by atoms with Gasteiger partial charge in [0.1, 0.15) is 11.5 Å². The maximum absolute atomic E-state index is 10.5. The highest BCUT2D eigenvalue weighted by molar-refractivity contribution is 5.42. The fraction of sp³-hybridized carbons (Fsp3) is 0.571. The van der Waals surface area contributed by atoms with Crippen molar-refractivity contribution >= 4 is 0 Å². The monoisotopic (exact) mass is 251 g/mol. The van der Waals surface area contributed by atoms with Gasteiger partial charge in [-0.1, -0.05) is 6.42 Å². The zero-order valence-corrected chi connectivity index (χ0v) is 11.0. The van der Waals surface area contributed by atoms with Crippen LogP contribution in [0.2, 0.25) is 0 Å². The quantitative estimate of drug-likeness (QED) is 0.858. The maximum Gasteiger partial charge on any atom is 0.124 e. The molecule has 4 nitrogen and oxygen atoms in total. The average molecular weight is 251 g/mol. The molecule has 0 aromatic heterocycles. The van der Waals surface area contributed by atoms with Crippen molar-refractivity contribution in [2.75, 3.05) is 20.8 Å². The van der Waals surface area contributed by atoms with E-state index in [1.165, 1.54) is 6.42 Å². The molecule has 0 radical (unpaired) electrons. The lowest BCUT2D eigenvalue weighted by Crippen LogP contribution is -2.38. The lowest BCUT2D eigenvalue weighted by atomic mass is 9.94. The molecule has 0 bridgehead atoms. The molecule has 0 aliphatic carbocycles. The van der Waals surface area contributed by atoms with Crippen LogP contribution in [0.5, 0.6) is 11.5 Å². The number of aliphatic hydroxyl groups is 1. The van der Waals surface area contributed by atoms with Crippen molar-refractivity contribution in [3.8, 4) is 11.5 Å². The number of benzene rings is 1. The topological polar surface area (TPSA) is 50.7 Å². The van der Waals surface area contributed by atoms with Crippen molar-refractivity contribution in [1.82, 2.24) is 5.32 Å². The first-order valence-corrected chi connectivity index (χ1v) is 6.39. The second kappa shape index (κ2) is 6.07. The van der Waals surface area contributed by atoms with Crippen LogP contribution < -0.4 is 14.8 Å². The van der Waals surface area contributed by atoms with Crippen molar-refractivity contribution < 1.29 is 14.6 Å². The zero-order valence-electron chi connectivity index (χ0n) is 11.0. The molecule has 2 rings (SSSR count). The van der Waals surface area contributed by atoms with Gasteiger partial charge in [-0.3, -0.25) is 0 Å². The summed E-state index contributed by atoms with van der Waals surface area (Å²) < 4.78 is 10.5. The summed E-state index contributed by atoms with van der Waals surface area (Å²) in [5.74, 6) is 1.44. The molecule has 1 saturated heterocycles. The Morgan fingerprint density at radius 1 is 1.28 bits per heavy atom. The fourth-order valence-corrected chi connectivity index (χ4v) is 2.44. The van der Waals surface area contributed by atoms with Gasteiger partial charge in [0.15, 0.2) is 0 Å². The molecule has 1 aliphatic rings. The maximum atomic E-state index is 10.5. The molecule has 1 aromatic carbocycles. The van der Waals surface area contributed by atoms with Crippen molar-refractivity contribution in [2.24, 2.45) is 0 Å². The molecule has 0 amide bonds. The van der Waals surface area contributed by atoms with E-state index in [1.807, 2.05) is 18.2 Å². The number of nitrogens with one attached hydrogen (secondary N) is 1. The van der Waals surface area contributed by atoms with Crippen LogP contribution in [0.4, 0.5) is 0 Å². The van der Waals surface area contributed by atoms with Gasteiger partial charge in [0.05, 0.1) is 20.3 Å². The van der Waals surface area contributed by atoms with E-state index in [2.05, 4.69) is 5.32 Å². The number of ether oxygens (including phenoxy) is 2. The number of aliphatic hydroxyl groups excluding tert-OH is 1. The van der Waals surface area contributed by atoms with Gasteiger partial charge in [0.2, 0.25) is 0 Å². The Kier molecular flexibility index (Phi) is 4.44. The first-order chi connectivity index (χ1) is 8.76. The normalized spacial score (nSPS) is 21.4. The molecule has 18 heavy (non-hydrogen) atoms. The van der Waals surface area contributed by atoms with E-state index in [-0.39, 0.29) is 6.04 Å². The lowest BCUT2D eigenvalue weighted by molar-refractivity contribution is 0.111. The van der Waals surface area contributed by atoms with E-state index < -0.39 is 6.10 Å². The lowest BCUT2D eigenvalue weighted by Gasteiger charge is -2.29. The molecular weight excluding hydrogens is 230 g/mol. The third kappa shape index (κ3) is 2.76. The summed E-state index contributed by atoms with van der Waals surface area (Å²) in [5, 5.41) is 13.8. The predicted molar refractivity (Wildman–Crippen MR) is 70.1 cm³/mol. The van der Waals surface area contributed by atoms with Crippen molar-refractivity contribution in [2.45, 2.75) is 31.4 Å². The zero-order chi connectivity index (χ0) is 13.0. The Bertz CT molecular complexity index is 389. The Morgan fingerprint density at radius 2 is 2.11 bits per heavy atom. The molecule has 100 valence electrons. The Labute approximate surface area is 108 Å². The van der Waals surface area contributed by atoms with Gasteiger partial charge in [-0.05, 0) is 37.6 Å². The van der Waals surface area contributed by atoms with Crippen LogP contribution in [0.15, 0.2) is 18.2 Å². The number of methoxy groups -OCH3 is 2. The Morgan fingerprint density at radius 3 is 2.72 bits per heavy atom. The van der Waals surface area contributed by atoms with Crippen molar-refractivity contribution in [1.29, 1.82) is 0 Å². The van der Waals surface area contributed by atoms with Gasteiger partial charge >= 0.3 is 0 Å². The summed E-state index contributed by atoms with van der Waals surface area (Å²) in [6.07, 6.45) is 2.76. The first kappa shape index (κ1) is 13.2. The summed E-state index contributed by atoms with van der Waals surface area (Å²) in [6.45, 7) is 0.966. The van der Waals surface area contributed by atoms with E-state index in [0.717, 1.165) is 30.7 Å². The minimum absolute atomic E-state index is 0.0970. The van der Waals surface area contributed by atoms with Crippen LogP contribution >= 0.6 is 0 Å². The van der Waals surface area contributed by atoms with Crippen molar-refractivity contribution in [3.63, 3.8) is 0 Å². The van der Waals surface area contributed by atoms with Crippen molar-refractivity contribution in [3.05, 3.63) is 23.8 Å². The predicted octanol–water partition coefficient (Wildman–Crippen LogP) is 1.88. The second-order valence-electron chi connectivity index (χ2n) is 4.61. The van der Waals surface area contributed by atoms with E-state index in [1.54, 1.807) is 14.2 Å². The fourth-order valence-electron chi connectivity index (χ4n) is 2.44. The summed E-state index contributed by atoms with van der Waals surface area (Å²) in [6, 6.07) is 5.61. The average Bonchev–Trinajstić information content (AvgIpc) is 2.46. The highest BCUT2D eigenvalue weighted by Gasteiger charge is 2.25. The smallest absolute Gasteiger partial charge is 0.124 e. The molecule has 1 aliphatic heterocycles. The largest absolute Gasteiger partial charge is 0.497 e. The molecule has 0 spiro atoms. The SMILES string of the molecule is COc1ccc(OC)c([C@H](O)[C@@H]2CCCCN2)c1. The third-order valence-corrected chi connectivity index (χ3v) is 3.49. The van der Waals surface area contributed by atoms with Gasteiger partial charge in [0.25, 0.3) is 0 Å². The molecule has 1 aromatic rings. The van der Waals surface area contributed by atoms with E-state index in [4.69, 9.17) is 9.47 Å². The highest BCUT2D eigenvalue weighted by Crippen LogP contribution is 2.32. The number of rotatable bonds is 4. The third-order valence-electron chi connectivity index (χ3n) is 3.49. The van der Waals surface area contributed by atoms with E-state index in [9.17, 15) is 5.11 Å². The number of hydrogen-bond acceptors (Lipinski definition) is 4. The van der Waals surface area contributed by atoms with Crippen LogP contribution in [0.25, 0.3) is 0 Å². The van der Waals surface area contributed by atoms with Crippen LogP contribution in [0, 0.1) is 0 Å². The Hall–Kier alpha value is -1.26. The van der Waals surface area contributed by atoms with Gasteiger partial charge in [-0.25, -0.2) is 0 Å². The number of piperidine rings is 1. The molecule has 0 unspecified atom stereocenters. The number of hydrogen-bond donors (Lipinski definition) is 2. The first-order valence-electron chi connectivity index (χ1n) is 6.39. The molecule has 1 heterocycles. The molecule has 2 atom stereocenters. The van der Waals surface area contributed by atoms with E-state index >= 15 is 0 Å². The van der Waals surface area contributed by atoms with Crippen LogP contribution in [0.3, 0.4) is 0 Å². The summed E-state index contributed by atoms with van der Waals surface area (Å²) in [7, 11) is 3.24. The van der Waals surface area contributed by atoms with Crippen LogP contribution in [0.1, 0.15) is 30.9 Å². The van der Waals surface area contributed by atoms with Gasteiger partial charge < -0.3 is 19.9 Å². The summed E-state index contributed by atoms with van der Waals surface area (Å²) in [5.41, 5.74) is 0.788. The van der Waals surface area contributed by atoms with Crippen LogP contribution in [-0.2, 0) is 0 Å². The molecule has 0 saturated carbocycles. The summed E-state index contributed by atoms with van der Waals surface area (Å²) in [4.78, 5) is 0. The molecule has 4 heteroatoms. The van der Waals surface area contributed by atoms with Gasteiger partial charge in [-0.2, -0.15) is 0 Å². The Balaban J connectivity index is 2.23. The minimum Gasteiger partial charge on any atom is -0.497 e. The van der Waals surface area contributed by atoms with Crippen LogP contribution in [-0.4, -0.2) is 31.9 Å². The summed E-state index contributed by atoms with van der Waals surface area (Å²) >= 11 is 0. The molecule has 2 N–H and O–H groups in total. The van der Waals surface area contributed by atoms with Gasteiger partial charge in [0, 0.05) is 11.6 Å². The molecule has 1 fully saturated rings. The minimum atomic E-state index is -0.560. The standard InChI is InChI=1S/C14H21NO3/c1-17-10-6-7-13(18-2)11(9-10)14(16)12-5-3-4-8-15-12/h6-7,9,12,14-16H,3-5,8H2,1-2H3/t12-,14-/m0/s1. The highest BCUT2D eigenvalue weighted by atomic mass is 16.5.